The average molecular weight is 335 g/mol. The van der Waals surface area contributed by atoms with Crippen LogP contribution in [0.1, 0.15) is 76.6 Å². The summed E-state index contributed by atoms with van der Waals surface area (Å²) in [5, 5.41) is 10.4. The molecule has 1 aliphatic rings. The Morgan fingerprint density at radius 3 is 2.38 bits per heavy atom. The van der Waals surface area contributed by atoms with E-state index in [-0.39, 0.29) is 0 Å². The van der Waals surface area contributed by atoms with E-state index < -0.39 is 6.10 Å². The number of furan rings is 1. The Bertz CT molecular complexity index is 470. The topological polar surface area (TPSA) is 39.9 Å². The lowest BCUT2D eigenvalue weighted by Gasteiger charge is -2.20. The summed E-state index contributed by atoms with van der Waals surface area (Å²) < 4.78 is 5.32. The monoisotopic (exact) mass is 334 g/mol. The molecule has 4 heteroatoms. The molecule has 1 atom stereocenters. The molecular formula is C20H34N2O2. The van der Waals surface area contributed by atoms with E-state index in [9.17, 15) is 5.11 Å². The zero-order valence-electron chi connectivity index (χ0n) is 15.4. The number of aliphatic hydroxyl groups excluding tert-OH is 1. The van der Waals surface area contributed by atoms with Gasteiger partial charge in [-0.15, -0.1) is 0 Å². The number of aliphatic hydroxyl groups is 1. The maximum absolute atomic E-state index is 10.4. The Balaban J connectivity index is 1.60. The van der Waals surface area contributed by atoms with Crippen molar-refractivity contribution in [3.05, 3.63) is 36.1 Å². The lowest BCUT2D eigenvalue weighted by atomic mass is 10.1. The van der Waals surface area contributed by atoms with Crippen LogP contribution in [0.4, 0.5) is 0 Å². The van der Waals surface area contributed by atoms with E-state index >= 15 is 0 Å². The molecule has 1 aromatic rings. The third-order valence-electron chi connectivity index (χ3n) is 4.79. The molecule has 2 heterocycles. The molecule has 0 amide bonds. The highest BCUT2D eigenvalue weighted by Gasteiger charge is 2.25. The number of hydrogen-bond acceptors (Lipinski definition) is 4. The van der Waals surface area contributed by atoms with E-state index in [1.807, 2.05) is 19.2 Å². The summed E-state index contributed by atoms with van der Waals surface area (Å²) in [6.07, 6.45) is 15.2. The van der Waals surface area contributed by atoms with Gasteiger partial charge in [-0.25, -0.2) is 0 Å². The number of hydrogen-bond donors (Lipinski definition) is 1. The minimum absolute atomic E-state index is 0.609. The second-order valence-electron chi connectivity index (χ2n) is 6.95. The molecule has 0 radical (unpaired) electrons. The second kappa shape index (κ2) is 10.4. The zero-order valence-corrected chi connectivity index (χ0v) is 15.4. The highest BCUT2D eigenvalue weighted by atomic mass is 16.4. The van der Waals surface area contributed by atoms with Gasteiger partial charge in [0.1, 0.15) is 5.76 Å². The third-order valence-corrected chi connectivity index (χ3v) is 4.79. The van der Waals surface area contributed by atoms with E-state index in [0.29, 0.717) is 5.76 Å². The Kier molecular flexibility index (Phi) is 8.23. The fourth-order valence-electron chi connectivity index (χ4n) is 3.31. The Hall–Kier alpha value is -1.42. The van der Waals surface area contributed by atoms with Gasteiger partial charge in [-0.05, 0) is 18.6 Å². The smallest absolute Gasteiger partial charge is 0.153 e. The minimum atomic E-state index is -0.668. The molecule has 1 unspecified atom stereocenters. The van der Waals surface area contributed by atoms with Crippen molar-refractivity contribution in [3.8, 4) is 0 Å². The fraction of sp³-hybridized carbons (Fsp3) is 0.700. The molecule has 136 valence electrons. The lowest BCUT2D eigenvalue weighted by Crippen LogP contribution is -2.25. The Morgan fingerprint density at radius 2 is 1.75 bits per heavy atom. The normalized spacial score (nSPS) is 15.9. The first-order valence-electron chi connectivity index (χ1n) is 9.60. The van der Waals surface area contributed by atoms with Crippen LogP contribution in [-0.4, -0.2) is 35.2 Å². The van der Waals surface area contributed by atoms with Gasteiger partial charge in [0.15, 0.2) is 6.10 Å². The first-order chi connectivity index (χ1) is 11.7. The molecule has 0 saturated heterocycles. The predicted molar refractivity (Wildman–Crippen MR) is 98.3 cm³/mol. The van der Waals surface area contributed by atoms with Crippen molar-refractivity contribution in [2.24, 2.45) is 0 Å². The first-order valence-corrected chi connectivity index (χ1v) is 9.60. The van der Waals surface area contributed by atoms with Gasteiger partial charge in [-0.2, -0.15) is 0 Å². The maximum Gasteiger partial charge on any atom is 0.153 e. The molecule has 2 rings (SSSR count). The molecule has 0 saturated carbocycles. The molecule has 1 aliphatic heterocycles. The van der Waals surface area contributed by atoms with Gasteiger partial charge in [-0.1, -0.05) is 58.3 Å². The highest BCUT2D eigenvalue weighted by molar-refractivity contribution is 5.19. The summed E-state index contributed by atoms with van der Waals surface area (Å²) in [6.45, 7) is 4.18. The largest absolute Gasteiger partial charge is 0.466 e. The van der Waals surface area contributed by atoms with Crippen LogP contribution < -0.4 is 0 Å². The summed E-state index contributed by atoms with van der Waals surface area (Å²) in [7, 11) is 2.02. The van der Waals surface area contributed by atoms with Crippen LogP contribution in [-0.2, 0) is 0 Å². The predicted octanol–water partition coefficient (Wildman–Crippen LogP) is 4.89. The molecule has 0 aromatic carbocycles. The van der Waals surface area contributed by atoms with Gasteiger partial charge in [0.2, 0.25) is 0 Å². The summed E-state index contributed by atoms with van der Waals surface area (Å²) >= 11 is 0. The SMILES string of the molecule is CCCCCCCCCCCN1C=C(C(O)c2ccco2)N(C)C1. The van der Waals surface area contributed by atoms with E-state index in [2.05, 4.69) is 22.9 Å². The molecule has 1 aromatic heterocycles. The Labute approximate surface area is 147 Å². The quantitative estimate of drug-likeness (QED) is 0.552. The number of unbranched alkanes of at least 4 members (excludes halogenated alkanes) is 8. The summed E-state index contributed by atoms with van der Waals surface area (Å²) in [6, 6.07) is 3.64. The summed E-state index contributed by atoms with van der Waals surface area (Å²) in [4.78, 5) is 4.39. The van der Waals surface area contributed by atoms with Gasteiger partial charge >= 0.3 is 0 Å². The van der Waals surface area contributed by atoms with Crippen molar-refractivity contribution >= 4 is 0 Å². The first kappa shape index (κ1) is 18.9. The second-order valence-corrected chi connectivity index (χ2v) is 6.95. The highest BCUT2D eigenvalue weighted by Crippen LogP contribution is 2.28. The minimum Gasteiger partial charge on any atom is -0.466 e. The van der Waals surface area contributed by atoms with Crippen molar-refractivity contribution in [2.75, 3.05) is 20.3 Å². The number of nitrogens with zero attached hydrogens (tertiary/aromatic N) is 2. The van der Waals surface area contributed by atoms with Crippen LogP contribution in [0.2, 0.25) is 0 Å². The van der Waals surface area contributed by atoms with E-state index in [1.165, 1.54) is 57.8 Å². The van der Waals surface area contributed by atoms with Crippen molar-refractivity contribution in [1.82, 2.24) is 9.80 Å². The van der Waals surface area contributed by atoms with Crippen LogP contribution in [0.15, 0.2) is 34.7 Å². The van der Waals surface area contributed by atoms with Gasteiger partial charge in [0, 0.05) is 19.8 Å². The summed E-state index contributed by atoms with van der Waals surface area (Å²) in [5.41, 5.74) is 0.917. The molecule has 4 nitrogen and oxygen atoms in total. The zero-order chi connectivity index (χ0) is 17.2. The summed E-state index contributed by atoms with van der Waals surface area (Å²) in [5.74, 6) is 0.609. The Morgan fingerprint density at radius 1 is 1.08 bits per heavy atom. The average Bonchev–Trinajstić information content (AvgIpc) is 3.22. The van der Waals surface area contributed by atoms with Crippen molar-refractivity contribution in [2.45, 2.75) is 70.8 Å². The van der Waals surface area contributed by atoms with Crippen LogP contribution in [0, 0.1) is 0 Å². The molecule has 0 fully saturated rings. The molecule has 24 heavy (non-hydrogen) atoms. The molecule has 0 bridgehead atoms. The van der Waals surface area contributed by atoms with E-state index in [4.69, 9.17) is 4.42 Å². The van der Waals surface area contributed by atoms with Crippen molar-refractivity contribution in [1.29, 1.82) is 0 Å². The van der Waals surface area contributed by atoms with Crippen LogP contribution in [0.25, 0.3) is 0 Å². The van der Waals surface area contributed by atoms with Crippen LogP contribution in [0.5, 0.6) is 0 Å². The molecule has 1 N–H and O–H groups in total. The van der Waals surface area contributed by atoms with Gasteiger partial charge in [0.25, 0.3) is 0 Å². The van der Waals surface area contributed by atoms with Crippen LogP contribution in [0.3, 0.4) is 0 Å². The maximum atomic E-state index is 10.4. The van der Waals surface area contributed by atoms with Gasteiger partial charge < -0.3 is 19.3 Å². The standard InChI is InChI=1S/C20H34N2O2/c1-3-4-5-6-7-8-9-10-11-14-22-16-18(21(2)17-22)20(23)19-13-12-15-24-19/h12-13,15-16,20,23H,3-11,14,17H2,1-2H3. The number of rotatable bonds is 12. The lowest BCUT2D eigenvalue weighted by molar-refractivity contribution is 0.151. The molecule has 0 spiro atoms. The molecule has 0 aliphatic carbocycles. The molecular weight excluding hydrogens is 300 g/mol. The van der Waals surface area contributed by atoms with Crippen LogP contribution >= 0.6 is 0 Å². The van der Waals surface area contributed by atoms with Crippen molar-refractivity contribution < 1.29 is 9.52 Å². The number of likely N-dealkylation sites (N-methyl/N-ethyl adjacent to an activating group) is 1. The van der Waals surface area contributed by atoms with Gasteiger partial charge in [0.05, 0.1) is 18.6 Å². The fourth-order valence-corrected chi connectivity index (χ4v) is 3.31. The van der Waals surface area contributed by atoms with Crippen molar-refractivity contribution in [3.63, 3.8) is 0 Å². The van der Waals surface area contributed by atoms with Gasteiger partial charge in [-0.3, -0.25) is 0 Å². The van der Waals surface area contributed by atoms with E-state index in [0.717, 1.165) is 18.9 Å². The van der Waals surface area contributed by atoms with E-state index in [1.54, 1.807) is 6.26 Å². The third kappa shape index (κ3) is 5.90.